The zero-order valence-electron chi connectivity index (χ0n) is 21.9. The third-order valence-electron chi connectivity index (χ3n) is 8.01. The Balaban J connectivity index is 1.25. The van der Waals surface area contributed by atoms with Gasteiger partial charge in [0.05, 0.1) is 18.2 Å². The third-order valence-corrected chi connectivity index (χ3v) is 8.87. The fraction of sp³-hybridized carbons (Fsp3) is 0.577. The number of nitrogens with zero attached hydrogens (tertiary/aromatic N) is 3. The second-order valence-electron chi connectivity index (χ2n) is 10.9. The van der Waals surface area contributed by atoms with Gasteiger partial charge in [0, 0.05) is 32.4 Å². The molecule has 0 radical (unpaired) electrons. The van der Waals surface area contributed by atoms with Gasteiger partial charge in [-0.3, -0.25) is 9.32 Å². The molecule has 4 N–H and O–H groups in total. The van der Waals surface area contributed by atoms with E-state index >= 15 is 0 Å². The van der Waals surface area contributed by atoms with E-state index in [4.69, 9.17) is 35.6 Å². The van der Waals surface area contributed by atoms with Gasteiger partial charge in [-0.1, -0.05) is 17.7 Å². The highest BCUT2D eigenvalue weighted by atomic mass is 35.5. The monoisotopic (exact) mass is 579 g/mol. The third kappa shape index (κ3) is 7.21. The molecule has 39 heavy (non-hydrogen) atoms. The zero-order chi connectivity index (χ0) is 27.6. The fourth-order valence-electron chi connectivity index (χ4n) is 5.49. The minimum atomic E-state index is -4.49. The number of hydrogen-bond donors (Lipinski definition) is 4. The molecule has 1 spiro atoms. The van der Waals surface area contributed by atoms with Crippen molar-refractivity contribution in [2.24, 2.45) is 11.3 Å². The molecule has 1 aliphatic heterocycles. The smallest absolute Gasteiger partial charge is 0.469 e. The highest BCUT2D eigenvalue weighted by Gasteiger charge is 2.48. The first-order valence-corrected chi connectivity index (χ1v) is 15.2. The molecule has 2 aliphatic carbocycles. The fourth-order valence-corrected chi connectivity index (χ4v) is 6.37. The number of halogens is 1. The van der Waals surface area contributed by atoms with Gasteiger partial charge in [0.25, 0.3) is 5.91 Å². The van der Waals surface area contributed by atoms with Gasteiger partial charge in [-0.25, -0.2) is 9.55 Å². The molecule has 1 aromatic carbocycles. The number of carbonyl (C=O) groups is 1. The number of ether oxygens (including phenoxy) is 1. The standard InChI is InChI=1S/C26H35ClN5O6P/c1-37-22-7-4-18(12-21(22)27)14-28-23-20(15-30-25(31-23)32-11-10-26(16-32)8-9-26)24(33)29-13-17-2-5-19(6-3-17)38-39(34,35)36/h4,7,12,15,17,19H,2-3,5-6,8-11,13-14,16H2,1H3,(H,29,33)(H,28,30,31)(H2,34,35,36)/t17-,19-. The summed E-state index contributed by atoms with van der Waals surface area (Å²) in [6, 6.07) is 5.53. The van der Waals surface area contributed by atoms with E-state index in [-0.39, 0.29) is 11.8 Å². The van der Waals surface area contributed by atoms with Crippen LogP contribution in [0.5, 0.6) is 5.75 Å². The van der Waals surface area contributed by atoms with Crippen LogP contribution in [0.2, 0.25) is 5.02 Å². The van der Waals surface area contributed by atoms with Crippen LogP contribution >= 0.6 is 19.4 Å². The summed E-state index contributed by atoms with van der Waals surface area (Å²) in [4.78, 5) is 42.8. The first kappa shape index (κ1) is 28.1. The molecule has 5 rings (SSSR count). The normalized spacial score (nSPS) is 22.1. The van der Waals surface area contributed by atoms with Gasteiger partial charge in [-0.2, -0.15) is 4.98 Å². The van der Waals surface area contributed by atoms with E-state index < -0.39 is 13.9 Å². The molecule has 3 aliphatic rings. The van der Waals surface area contributed by atoms with Crippen molar-refractivity contribution >= 4 is 37.1 Å². The lowest BCUT2D eigenvalue weighted by atomic mass is 9.87. The number of rotatable bonds is 10. The van der Waals surface area contributed by atoms with E-state index in [2.05, 4.69) is 20.5 Å². The Labute approximate surface area is 232 Å². The lowest BCUT2D eigenvalue weighted by Crippen LogP contribution is -2.33. The van der Waals surface area contributed by atoms with Crippen LogP contribution in [0.25, 0.3) is 0 Å². The molecule has 212 valence electrons. The molecule has 3 fully saturated rings. The SMILES string of the molecule is COc1ccc(CNc2nc(N3CCC4(CC4)C3)ncc2C(=O)NC[C@H]2CC[C@H](OP(=O)(O)O)CC2)cc1Cl. The maximum absolute atomic E-state index is 13.2. The van der Waals surface area contributed by atoms with Gasteiger partial charge < -0.3 is 30.1 Å². The molecule has 13 heteroatoms. The Bertz CT molecular complexity index is 1250. The van der Waals surface area contributed by atoms with E-state index in [1.165, 1.54) is 12.8 Å². The van der Waals surface area contributed by atoms with Crippen molar-refractivity contribution in [3.63, 3.8) is 0 Å². The van der Waals surface area contributed by atoms with Gasteiger partial charge in [0.15, 0.2) is 0 Å². The molecule has 1 saturated heterocycles. The second-order valence-corrected chi connectivity index (χ2v) is 12.5. The molecular weight excluding hydrogens is 545 g/mol. The molecule has 0 bridgehead atoms. The molecule has 1 aromatic heterocycles. The Morgan fingerprint density at radius 1 is 1.23 bits per heavy atom. The van der Waals surface area contributed by atoms with Crippen molar-refractivity contribution in [3.8, 4) is 5.75 Å². The van der Waals surface area contributed by atoms with Crippen molar-refractivity contribution in [1.82, 2.24) is 15.3 Å². The molecule has 2 saturated carbocycles. The summed E-state index contributed by atoms with van der Waals surface area (Å²) in [5.41, 5.74) is 1.69. The minimum Gasteiger partial charge on any atom is -0.495 e. The molecule has 2 aromatic rings. The predicted octanol–water partition coefficient (Wildman–Crippen LogP) is 4.14. The van der Waals surface area contributed by atoms with Crippen LogP contribution in [0.3, 0.4) is 0 Å². The average molecular weight is 580 g/mol. The number of aromatic nitrogens is 2. The Morgan fingerprint density at radius 2 is 2.00 bits per heavy atom. The number of anilines is 2. The summed E-state index contributed by atoms with van der Waals surface area (Å²) in [6.07, 6.45) is 7.27. The van der Waals surface area contributed by atoms with E-state index in [1.54, 1.807) is 19.4 Å². The van der Waals surface area contributed by atoms with E-state index in [1.807, 2.05) is 12.1 Å². The van der Waals surface area contributed by atoms with Gasteiger partial charge in [0.1, 0.15) is 17.1 Å². The minimum absolute atomic E-state index is 0.197. The average Bonchev–Trinajstić information content (AvgIpc) is 3.54. The van der Waals surface area contributed by atoms with Crippen LogP contribution in [0, 0.1) is 11.3 Å². The summed E-state index contributed by atoms with van der Waals surface area (Å²) < 4.78 is 21.2. The maximum atomic E-state index is 13.2. The largest absolute Gasteiger partial charge is 0.495 e. The number of benzene rings is 1. The molecule has 1 amide bonds. The van der Waals surface area contributed by atoms with Crippen LogP contribution < -0.4 is 20.3 Å². The lowest BCUT2D eigenvalue weighted by Gasteiger charge is -2.28. The Hall–Kier alpha value is -2.43. The summed E-state index contributed by atoms with van der Waals surface area (Å²) in [5.74, 6) is 1.59. The highest BCUT2D eigenvalue weighted by molar-refractivity contribution is 7.46. The summed E-state index contributed by atoms with van der Waals surface area (Å²) in [7, 11) is -2.92. The van der Waals surface area contributed by atoms with E-state index in [0.29, 0.717) is 72.3 Å². The van der Waals surface area contributed by atoms with Crippen molar-refractivity contribution in [2.75, 3.05) is 37.0 Å². The van der Waals surface area contributed by atoms with Crippen LogP contribution in [0.15, 0.2) is 24.4 Å². The molecular formula is C26H35ClN5O6P. The topological polar surface area (TPSA) is 146 Å². The summed E-state index contributed by atoms with van der Waals surface area (Å²) >= 11 is 6.30. The van der Waals surface area contributed by atoms with Gasteiger partial charge in [-0.05, 0) is 74.0 Å². The lowest BCUT2D eigenvalue weighted by molar-refractivity contribution is 0.0856. The number of carbonyl (C=O) groups excluding carboxylic acids is 1. The van der Waals surface area contributed by atoms with Gasteiger partial charge in [0.2, 0.25) is 5.95 Å². The van der Waals surface area contributed by atoms with Gasteiger partial charge >= 0.3 is 7.82 Å². The molecule has 0 unspecified atom stereocenters. The highest BCUT2D eigenvalue weighted by Crippen LogP contribution is 2.53. The van der Waals surface area contributed by atoms with Crippen molar-refractivity contribution in [3.05, 3.63) is 40.5 Å². The van der Waals surface area contributed by atoms with Crippen molar-refractivity contribution < 1.29 is 28.4 Å². The summed E-state index contributed by atoms with van der Waals surface area (Å²) in [6.45, 7) is 2.72. The number of hydrogen-bond acceptors (Lipinski definition) is 8. The van der Waals surface area contributed by atoms with E-state index in [0.717, 1.165) is 25.1 Å². The number of phosphoric acid groups is 1. The quantitative estimate of drug-likeness (QED) is 0.303. The number of methoxy groups -OCH3 is 1. The molecule has 11 nitrogen and oxygen atoms in total. The second kappa shape index (κ2) is 11.6. The maximum Gasteiger partial charge on any atom is 0.469 e. The number of phosphoric ester groups is 1. The van der Waals surface area contributed by atoms with Crippen LogP contribution in [-0.4, -0.2) is 58.5 Å². The van der Waals surface area contributed by atoms with Crippen LogP contribution in [0.1, 0.15) is 60.9 Å². The Morgan fingerprint density at radius 3 is 2.64 bits per heavy atom. The Kier molecular flexibility index (Phi) is 8.35. The summed E-state index contributed by atoms with van der Waals surface area (Å²) in [5, 5.41) is 6.82. The predicted molar refractivity (Wildman–Crippen MR) is 147 cm³/mol. The molecule has 0 atom stereocenters. The molecule has 2 heterocycles. The first-order valence-electron chi connectivity index (χ1n) is 13.3. The van der Waals surface area contributed by atoms with Crippen molar-refractivity contribution in [1.29, 1.82) is 0 Å². The van der Waals surface area contributed by atoms with Crippen LogP contribution in [0.4, 0.5) is 11.8 Å². The zero-order valence-corrected chi connectivity index (χ0v) is 23.6. The van der Waals surface area contributed by atoms with Crippen LogP contribution in [-0.2, 0) is 15.6 Å². The van der Waals surface area contributed by atoms with Crippen molar-refractivity contribution in [2.45, 2.75) is 57.6 Å². The number of nitrogens with one attached hydrogen (secondary N) is 2. The van der Waals surface area contributed by atoms with Gasteiger partial charge in [-0.15, -0.1) is 0 Å². The number of amides is 1. The van der Waals surface area contributed by atoms with E-state index in [9.17, 15) is 9.36 Å². The first-order chi connectivity index (χ1) is 18.6.